The standard InChI is InChI=1S/C24H50N6O10/c25-4-10(33)6-30-15-3-14(27)17(22-13(26)2-1-12(38-22)7-29-5-11(34)8-31)20(36)23(15)40-24-21(37)18(28)19(35)16(9-32)39-24/h10-24,29-37H,1-9,25-28H2. The van der Waals surface area contributed by atoms with E-state index in [9.17, 15) is 30.6 Å². The predicted molar refractivity (Wildman–Crippen MR) is 141 cm³/mol. The molecule has 236 valence electrons. The molecule has 0 bridgehead atoms. The van der Waals surface area contributed by atoms with Crippen LogP contribution in [-0.2, 0) is 14.2 Å². The maximum atomic E-state index is 11.7. The first kappa shape index (κ1) is 33.9. The van der Waals surface area contributed by atoms with Gasteiger partial charge in [-0.3, -0.25) is 0 Å². The molecule has 16 nitrogen and oxygen atoms in total. The quantitative estimate of drug-likeness (QED) is 0.0959. The van der Waals surface area contributed by atoms with Crippen molar-refractivity contribution in [1.82, 2.24) is 10.6 Å². The molecule has 0 aromatic heterocycles. The Balaban J connectivity index is 1.78. The summed E-state index contributed by atoms with van der Waals surface area (Å²) in [4.78, 5) is 0. The van der Waals surface area contributed by atoms with Gasteiger partial charge in [0.1, 0.15) is 24.4 Å². The van der Waals surface area contributed by atoms with Crippen LogP contribution in [0.3, 0.4) is 0 Å². The number of aliphatic hydroxyl groups excluding tert-OH is 7. The fourth-order valence-corrected chi connectivity index (χ4v) is 5.80. The Hall–Kier alpha value is -0.640. The Morgan fingerprint density at radius 1 is 0.900 bits per heavy atom. The van der Waals surface area contributed by atoms with Gasteiger partial charge in [0.15, 0.2) is 6.29 Å². The summed E-state index contributed by atoms with van der Waals surface area (Å²) < 4.78 is 18.0. The molecule has 0 aromatic rings. The van der Waals surface area contributed by atoms with Crippen LogP contribution in [0.2, 0.25) is 0 Å². The van der Waals surface area contributed by atoms with E-state index in [0.717, 1.165) is 0 Å². The fourth-order valence-electron chi connectivity index (χ4n) is 5.80. The van der Waals surface area contributed by atoms with Crippen molar-refractivity contribution >= 4 is 0 Å². The summed E-state index contributed by atoms with van der Waals surface area (Å²) in [7, 11) is 0. The minimum Gasteiger partial charge on any atom is -0.394 e. The molecular formula is C24H50N6O10. The average molecular weight is 583 g/mol. The molecule has 3 aliphatic rings. The summed E-state index contributed by atoms with van der Waals surface area (Å²) >= 11 is 0. The highest BCUT2D eigenvalue weighted by molar-refractivity contribution is 5.05. The van der Waals surface area contributed by atoms with Gasteiger partial charge in [-0.25, -0.2) is 0 Å². The largest absolute Gasteiger partial charge is 0.394 e. The first-order chi connectivity index (χ1) is 19.0. The van der Waals surface area contributed by atoms with Gasteiger partial charge in [0, 0.05) is 50.2 Å². The number of nitrogens with one attached hydrogen (secondary N) is 2. The fraction of sp³-hybridized carbons (Fsp3) is 1.00. The highest BCUT2D eigenvalue weighted by Gasteiger charge is 2.52. The van der Waals surface area contributed by atoms with E-state index in [4.69, 9.17) is 42.3 Å². The van der Waals surface area contributed by atoms with E-state index in [2.05, 4.69) is 10.6 Å². The van der Waals surface area contributed by atoms with E-state index in [-0.39, 0.29) is 38.8 Å². The number of hydrogen-bond donors (Lipinski definition) is 13. The molecule has 15 atom stereocenters. The molecule has 0 spiro atoms. The van der Waals surface area contributed by atoms with E-state index in [1.54, 1.807) is 0 Å². The summed E-state index contributed by atoms with van der Waals surface area (Å²) in [5, 5.41) is 77.0. The number of hydrogen-bond acceptors (Lipinski definition) is 16. The van der Waals surface area contributed by atoms with Gasteiger partial charge >= 0.3 is 0 Å². The van der Waals surface area contributed by atoms with Crippen molar-refractivity contribution < 1.29 is 50.0 Å². The summed E-state index contributed by atoms with van der Waals surface area (Å²) in [6, 6.07) is -2.81. The lowest BCUT2D eigenvalue weighted by molar-refractivity contribution is -0.306. The van der Waals surface area contributed by atoms with Crippen LogP contribution in [0.4, 0.5) is 0 Å². The van der Waals surface area contributed by atoms with Crippen LogP contribution in [0.25, 0.3) is 0 Å². The molecule has 1 saturated carbocycles. The molecule has 2 heterocycles. The third kappa shape index (κ3) is 8.25. The molecule has 15 unspecified atom stereocenters. The molecule has 0 radical (unpaired) electrons. The highest BCUT2D eigenvalue weighted by atomic mass is 16.7. The van der Waals surface area contributed by atoms with E-state index in [0.29, 0.717) is 19.4 Å². The monoisotopic (exact) mass is 582 g/mol. The maximum Gasteiger partial charge on any atom is 0.186 e. The van der Waals surface area contributed by atoms with Gasteiger partial charge in [-0.1, -0.05) is 0 Å². The second-order valence-corrected chi connectivity index (χ2v) is 11.2. The van der Waals surface area contributed by atoms with Crippen LogP contribution in [0.1, 0.15) is 19.3 Å². The Morgan fingerprint density at radius 2 is 1.62 bits per heavy atom. The van der Waals surface area contributed by atoms with Gasteiger partial charge in [-0.15, -0.1) is 0 Å². The lowest BCUT2D eigenvalue weighted by Crippen LogP contribution is -2.69. The van der Waals surface area contributed by atoms with Crippen molar-refractivity contribution in [3.05, 3.63) is 0 Å². The molecule has 0 amide bonds. The van der Waals surface area contributed by atoms with Gasteiger partial charge in [-0.2, -0.15) is 0 Å². The zero-order chi connectivity index (χ0) is 29.6. The normalized spacial score (nSPS) is 44.3. The first-order valence-corrected chi connectivity index (χ1v) is 14.0. The Bertz CT molecular complexity index is 746. The van der Waals surface area contributed by atoms with Crippen molar-refractivity contribution in [3.8, 4) is 0 Å². The minimum absolute atomic E-state index is 0.00731. The second kappa shape index (κ2) is 15.7. The van der Waals surface area contributed by atoms with Crippen molar-refractivity contribution in [2.45, 2.75) is 105 Å². The first-order valence-electron chi connectivity index (χ1n) is 14.0. The average Bonchev–Trinajstić information content (AvgIpc) is 2.94. The molecule has 2 aliphatic heterocycles. The van der Waals surface area contributed by atoms with Crippen molar-refractivity contribution in [2.75, 3.05) is 39.4 Å². The Labute approximate surface area is 233 Å². The number of ether oxygens (including phenoxy) is 3. The van der Waals surface area contributed by atoms with Crippen LogP contribution in [0.15, 0.2) is 0 Å². The summed E-state index contributed by atoms with van der Waals surface area (Å²) in [5.41, 5.74) is 24.5. The molecule has 0 aromatic carbocycles. The van der Waals surface area contributed by atoms with Crippen LogP contribution in [0.5, 0.6) is 0 Å². The van der Waals surface area contributed by atoms with E-state index in [1.165, 1.54) is 0 Å². The smallest absolute Gasteiger partial charge is 0.186 e. The Morgan fingerprint density at radius 3 is 2.27 bits per heavy atom. The third-order valence-corrected chi connectivity index (χ3v) is 8.20. The van der Waals surface area contributed by atoms with Crippen LogP contribution < -0.4 is 33.6 Å². The van der Waals surface area contributed by atoms with E-state index in [1.807, 2.05) is 0 Å². The number of nitrogens with two attached hydrogens (primary N) is 4. The number of rotatable bonds is 13. The molecule has 16 heteroatoms. The zero-order valence-electron chi connectivity index (χ0n) is 22.7. The van der Waals surface area contributed by atoms with Gasteiger partial charge < -0.3 is 83.5 Å². The molecule has 2 saturated heterocycles. The summed E-state index contributed by atoms with van der Waals surface area (Å²) in [5.74, 6) is -0.683. The van der Waals surface area contributed by atoms with E-state index >= 15 is 0 Å². The zero-order valence-corrected chi connectivity index (χ0v) is 22.7. The van der Waals surface area contributed by atoms with Crippen molar-refractivity contribution in [3.63, 3.8) is 0 Å². The van der Waals surface area contributed by atoms with Crippen LogP contribution in [-0.4, -0.2) is 161 Å². The van der Waals surface area contributed by atoms with Gasteiger partial charge in [0.25, 0.3) is 0 Å². The molecule has 17 N–H and O–H groups in total. The molecule has 3 rings (SSSR count). The maximum absolute atomic E-state index is 11.7. The molecule has 1 aliphatic carbocycles. The number of aliphatic hydroxyl groups is 7. The SMILES string of the molecule is NCC(O)CNC1CC(N)C(C2OC(CNCC(O)CO)CCC2N)C(O)C1OC1OC(CO)C(O)C(N)C1O. The van der Waals surface area contributed by atoms with Crippen molar-refractivity contribution in [2.24, 2.45) is 28.9 Å². The van der Waals surface area contributed by atoms with Crippen LogP contribution >= 0.6 is 0 Å². The minimum atomic E-state index is -1.47. The predicted octanol–water partition coefficient (Wildman–Crippen LogP) is -7.06. The third-order valence-electron chi connectivity index (χ3n) is 8.20. The highest BCUT2D eigenvalue weighted by Crippen LogP contribution is 2.36. The van der Waals surface area contributed by atoms with Gasteiger partial charge in [0.05, 0.1) is 49.8 Å². The Kier molecular flexibility index (Phi) is 13.3. The molecule has 3 fully saturated rings. The van der Waals surface area contributed by atoms with E-state index < -0.39 is 91.8 Å². The van der Waals surface area contributed by atoms with Crippen molar-refractivity contribution in [1.29, 1.82) is 0 Å². The van der Waals surface area contributed by atoms with Crippen LogP contribution in [0, 0.1) is 5.92 Å². The lowest BCUT2D eigenvalue weighted by atomic mass is 9.72. The topological polar surface area (TPSA) is 297 Å². The van der Waals surface area contributed by atoms with Gasteiger partial charge in [0.2, 0.25) is 0 Å². The molecule has 40 heavy (non-hydrogen) atoms. The lowest BCUT2D eigenvalue weighted by Gasteiger charge is -2.51. The summed E-state index contributed by atoms with van der Waals surface area (Å²) in [6.07, 6.45) is -8.76. The molecular weight excluding hydrogens is 532 g/mol. The second-order valence-electron chi connectivity index (χ2n) is 11.2. The van der Waals surface area contributed by atoms with Gasteiger partial charge in [-0.05, 0) is 19.3 Å². The summed E-state index contributed by atoms with van der Waals surface area (Å²) in [6.45, 7) is -0.258.